The van der Waals surface area contributed by atoms with Gasteiger partial charge >= 0.3 is 0 Å². The fourth-order valence-corrected chi connectivity index (χ4v) is 5.67. The van der Waals surface area contributed by atoms with Crippen LogP contribution in [0.3, 0.4) is 0 Å². The lowest BCUT2D eigenvalue weighted by molar-refractivity contribution is -0.0240. The number of hydrogen-bond donors (Lipinski definition) is 2. The van der Waals surface area contributed by atoms with Crippen LogP contribution in [0.4, 0.5) is 0 Å². The van der Waals surface area contributed by atoms with Crippen LogP contribution in [0.15, 0.2) is 67.3 Å². The van der Waals surface area contributed by atoms with E-state index in [4.69, 9.17) is 4.74 Å². The van der Waals surface area contributed by atoms with Gasteiger partial charge < -0.3 is 19.4 Å². The Balaban J connectivity index is 1.13. The number of benzene rings is 2. The molecule has 6 rings (SSSR count). The minimum absolute atomic E-state index is 0.0945. The van der Waals surface area contributed by atoms with E-state index in [0.717, 1.165) is 42.6 Å². The normalized spacial score (nSPS) is 25.4. The van der Waals surface area contributed by atoms with Crippen molar-refractivity contribution in [2.45, 2.75) is 57.3 Å². The zero-order chi connectivity index (χ0) is 21.7. The molecule has 0 amide bonds. The molecule has 2 aromatic carbocycles. The van der Waals surface area contributed by atoms with E-state index in [1.165, 1.54) is 16.5 Å². The minimum Gasteiger partial charge on any atom is -0.490 e. The van der Waals surface area contributed by atoms with Crippen molar-refractivity contribution in [1.82, 2.24) is 14.5 Å². The summed E-state index contributed by atoms with van der Waals surface area (Å²) in [6.45, 7) is 2.25. The van der Waals surface area contributed by atoms with Crippen LogP contribution in [0.1, 0.15) is 50.6 Å². The Labute approximate surface area is 188 Å². The van der Waals surface area contributed by atoms with E-state index in [-0.39, 0.29) is 23.7 Å². The molecule has 1 aliphatic carbocycles. The predicted octanol–water partition coefficient (Wildman–Crippen LogP) is 5.71. The molecule has 2 N–H and O–H groups in total. The van der Waals surface area contributed by atoms with E-state index in [2.05, 4.69) is 63.9 Å². The number of nitrogens with zero attached hydrogens (tertiary/aromatic N) is 2. The van der Waals surface area contributed by atoms with Crippen molar-refractivity contribution in [1.29, 1.82) is 0 Å². The molecule has 32 heavy (non-hydrogen) atoms. The first-order chi connectivity index (χ1) is 15.6. The van der Waals surface area contributed by atoms with Crippen LogP contribution in [-0.2, 0) is 0 Å². The van der Waals surface area contributed by atoms with Crippen LogP contribution in [0.2, 0.25) is 0 Å². The smallest absolute Gasteiger partial charge is 0.120 e. The van der Waals surface area contributed by atoms with Gasteiger partial charge in [-0.25, -0.2) is 4.98 Å². The van der Waals surface area contributed by atoms with Crippen LogP contribution >= 0.6 is 0 Å². The largest absolute Gasteiger partial charge is 0.490 e. The number of hydrogen-bond acceptors (Lipinski definition) is 3. The van der Waals surface area contributed by atoms with Crippen molar-refractivity contribution in [3.05, 3.63) is 72.8 Å². The summed E-state index contributed by atoms with van der Waals surface area (Å²) in [7, 11) is 0. The summed E-state index contributed by atoms with van der Waals surface area (Å²) in [6, 6.07) is 17.0. The molecule has 2 unspecified atom stereocenters. The summed E-state index contributed by atoms with van der Waals surface area (Å²) >= 11 is 0. The first kappa shape index (κ1) is 19.6. The third kappa shape index (κ3) is 3.23. The van der Waals surface area contributed by atoms with Crippen molar-refractivity contribution in [3.8, 4) is 17.0 Å². The van der Waals surface area contributed by atoms with Gasteiger partial charge in [0, 0.05) is 22.7 Å². The van der Waals surface area contributed by atoms with E-state index < -0.39 is 0 Å². The van der Waals surface area contributed by atoms with Crippen LogP contribution < -0.4 is 4.74 Å². The van der Waals surface area contributed by atoms with Crippen molar-refractivity contribution in [2.75, 3.05) is 0 Å². The molecule has 1 aliphatic heterocycles. The number of aliphatic hydroxyl groups excluding tert-OH is 1. The fourth-order valence-electron chi connectivity index (χ4n) is 5.67. The summed E-state index contributed by atoms with van der Waals surface area (Å²) in [5, 5.41) is 12.6. The van der Waals surface area contributed by atoms with Crippen molar-refractivity contribution in [3.63, 3.8) is 0 Å². The molecule has 3 heterocycles. The maximum Gasteiger partial charge on any atom is 0.120 e. The second-order valence-corrected chi connectivity index (χ2v) is 9.74. The molecule has 0 spiro atoms. The first-order valence-electron chi connectivity index (χ1n) is 11.6. The lowest BCUT2D eigenvalue weighted by Crippen LogP contribution is -2.40. The molecule has 0 radical (unpaired) electrons. The maximum atomic E-state index is 11.4. The third-order valence-corrected chi connectivity index (χ3v) is 7.75. The highest BCUT2D eigenvalue weighted by Crippen LogP contribution is 2.46. The van der Waals surface area contributed by atoms with E-state index >= 15 is 0 Å². The number of nitrogens with one attached hydrogen (secondary N) is 1. The molecule has 2 aromatic heterocycles. The van der Waals surface area contributed by atoms with E-state index in [9.17, 15) is 5.11 Å². The highest BCUT2D eigenvalue weighted by molar-refractivity contribution is 5.80. The van der Waals surface area contributed by atoms with Crippen molar-refractivity contribution >= 4 is 10.9 Å². The van der Waals surface area contributed by atoms with Gasteiger partial charge in [0.15, 0.2) is 0 Å². The topological polar surface area (TPSA) is 63.1 Å². The van der Waals surface area contributed by atoms with Gasteiger partial charge in [0.05, 0.1) is 36.5 Å². The zero-order valence-electron chi connectivity index (χ0n) is 18.4. The quantitative estimate of drug-likeness (QED) is 0.429. The molecule has 2 atom stereocenters. The molecule has 0 bridgehead atoms. The number of imidazole rings is 1. The standard InChI is InChI=1S/C27H29N3O2/c1-27(11-8-19(9-12-27)32-20-6-7-23-18(14-20)10-13-29-23)26(31)15-24-21-4-2-3-5-22(21)25-16-28-17-30(24)25/h2-7,10,13-14,16-17,19,24,26,29,31H,8-9,11-12,15H2,1H3. The Morgan fingerprint density at radius 2 is 2.03 bits per heavy atom. The number of rotatable bonds is 5. The number of aromatic nitrogens is 3. The van der Waals surface area contributed by atoms with Crippen LogP contribution in [0, 0.1) is 5.41 Å². The molecule has 1 saturated carbocycles. The highest BCUT2D eigenvalue weighted by atomic mass is 16.5. The Morgan fingerprint density at radius 1 is 1.19 bits per heavy atom. The second-order valence-electron chi connectivity index (χ2n) is 9.74. The van der Waals surface area contributed by atoms with E-state index in [1.807, 2.05) is 24.8 Å². The first-order valence-corrected chi connectivity index (χ1v) is 11.6. The van der Waals surface area contributed by atoms with Crippen LogP contribution in [0.5, 0.6) is 5.75 Å². The monoisotopic (exact) mass is 427 g/mol. The Morgan fingerprint density at radius 3 is 2.91 bits per heavy atom. The SMILES string of the molecule is CC1(C(O)CC2c3ccccc3-c3cncn32)CCC(Oc2ccc3[nH]ccc3c2)CC1. The van der Waals surface area contributed by atoms with Gasteiger partial charge in [-0.3, -0.25) is 0 Å². The lowest BCUT2D eigenvalue weighted by atomic mass is 9.69. The average molecular weight is 428 g/mol. The maximum absolute atomic E-state index is 11.4. The van der Waals surface area contributed by atoms with Gasteiger partial charge in [0.2, 0.25) is 0 Å². The summed E-state index contributed by atoms with van der Waals surface area (Å²) in [6.07, 6.45) is 10.2. The zero-order valence-corrected chi connectivity index (χ0v) is 18.4. The molecule has 5 heteroatoms. The minimum atomic E-state index is -0.369. The van der Waals surface area contributed by atoms with Crippen LogP contribution in [0.25, 0.3) is 22.2 Å². The number of fused-ring (bicyclic) bond motifs is 4. The van der Waals surface area contributed by atoms with Crippen molar-refractivity contribution < 1.29 is 9.84 Å². The van der Waals surface area contributed by atoms with Gasteiger partial charge in [-0.1, -0.05) is 31.2 Å². The fraction of sp³-hybridized carbons (Fsp3) is 0.370. The lowest BCUT2D eigenvalue weighted by Gasteiger charge is -2.41. The van der Waals surface area contributed by atoms with Crippen molar-refractivity contribution in [2.24, 2.45) is 5.41 Å². The Bertz CT molecular complexity index is 1250. The van der Waals surface area contributed by atoms with Gasteiger partial charge in [-0.05, 0) is 67.3 Å². The summed E-state index contributed by atoms with van der Waals surface area (Å²) < 4.78 is 8.54. The average Bonchev–Trinajstić information content (AvgIpc) is 3.53. The Kier molecular flexibility index (Phi) is 4.61. The second kappa shape index (κ2) is 7.52. The molecule has 1 fully saturated rings. The van der Waals surface area contributed by atoms with Gasteiger partial charge in [-0.2, -0.15) is 0 Å². The molecule has 164 valence electrons. The van der Waals surface area contributed by atoms with E-state index in [0.29, 0.717) is 6.42 Å². The summed E-state index contributed by atoms with van der Waals surface area (Å²) in [4.78, 5) is 7.58. The molecule has 5 nitrogen and oxygen atoms in total. The van der Waals surface area contributed by atoms with Gasteiger partial charge in [0.1, 0.15) is 5.75 Å². The summed E-state index contributed by atoms with van der Waals surface area (Å²) in [5.74, 6) is 0.932. The predicted molar refractivity (Wildman–Crippen MR) is 126 cm³/mol. The van der Waals surface area contributed by atoms with E-state index in [1.54, 1.807) is 0 Å². The Hall–Kier alpha value is -3.05. The third-order valence-electron chi connectivity index (χ3n) is 7.75. The number of aromatic amines is 1. The number of H-pyrrole nitrogens is 1. The molecular weight excluding hydrogens is 398 g/mol. The molecule has 4 aromatic rings. The van der Waals surface area contributed by atoms with Gasteiger partial charge in [0.25, 0.3) is 0 Å². The summed E-state index contributed by atoms with van der Waals surface area (Å²) in [5.41, 5.74) is 4.72. The highest BCUT2D eigenvalue weighted by Gasteiger charge is 2.40. The molecular formula is C27H29N3O2. The van der Waals surface area contributed by atoms with Crippen LogP contribution in [-0.4, -0.2) is 31.8 Å². The molecule has 2 aliphatic rings. The van der Waals surface area contributed by atoms with Gasteiger partial charge in [-0.15, -0.1) is 0 Å². The number of aliphatic hydroxyl groups is 1. The molecule has 0 saturated heterocycles. The number of ether oxygens (including phenoxy) is 1.